The second-order valence-corrected chi connectivity index (χ2v) is 14.0. The Balaban J connectivity index is 2.68. The fraction of sp³-hybridized carbons (Fsp3) is 0.533. The van der Waals surface area contributed by atoms with Crippen LogP contribution in [-0.4, -0.2) is 22.4 Å². The van der Waals surface area contributed by atoms with Gasteiger partial charge in [0, 0.05) is 10.8 Å². The molecule has 0 atom stereocenters. The van der Waals surface area contributed by atoms with E-state index in [0.29, 0.717) is 33.0 Å². The van der Waals surface area contributed by atoms with Crippen molar-refractivity contribution in [3.05, 3.63) is 34.3 Å². The topological polar surface area (TPSA) is 36.9 Å². The molecule has 0 heterocycles. The van der Waals surface area contributed by atoms with E-state index < -0.39 is 22.4 Å². The van der Waals surface area contributed by atoms with Gasteiger partial charge in [-0.2, -0.15) is 0 Å². The van der Waals surface area contributed by atoms with Crippen LogP contribution >= 0.6 is 23.2 Å². The van der Waals surface area contributed by atoms with Crippen LogP contribution in [0.5, 0.6) is 23.0 Å². The minimum Gasteiger partial charge on any atom is -0.487 e. The van der Waals surface area contributed by atoms with Gasteiger partial charge in [0.05, 0.1) is 20.8 Å². The van der Waals surface area contributed by atoms with Gasteiger partial charge in [-0.05, 0) is 107 Å². The van der Waals surface area contributed by atoms with Crippen LogP contribution in [0, 0.1) is 0 Å². The Hall–Kier alpha value is -2.04. The second-order valence-electron chi connectivity index (χ2n) is 13.1. The summed E-state index contributed by atoms with van der Waals surface area (Å²) in [7, 11) is 0. The summed E-state index contributed by atoms with van der Waals surface area (Å²) in [4.78, 5) is 0. The molecule has 0 aliphatic rings. The number of ether oxygens (including phenoxy) is 4. The SMILES string of the molecule is CC(C)(C)Oc1ccc(OC(C)(C)C)c2c(OC(C)(C)C)c3cc(Cl)c(Cl)cc3c(OC(C)(C)C)c12. The molecule has 0 amide bonds. The second kappa shape index (κ2) is 9.36. The zero-order chi connectivity index (χ0) is 27.4. The first kappa shape index (κ1) is 28.5. The van der Waals surface area contributed by atoms with Crippen molar-refractivity contribution < 1.29 is 18.9 Å². The van der Waals surface area contributed by atoms with E-state index >= 15 is 0 Å². The minimum absolute atomic E-state index is 0.435. The molecule has 36 heavy (non-hydrogen) atoms. The first-order chi connectivity index (χ1) is 16.2. The summed E-state index contributed by atoms with van der Waals surface area (Å²) in [5.41, 5.74) is -1.90. The molecule has 0 aliphatic heterocycles. The van der Waals surface area contributed by atoms with Crippen LogP contribution in [0.3, 0.4) is 0 Å². The van der Waals surface area contributed by atoms with Gasteiger partial charge in [0.1, 0.15) is 45.4 Å². The molecule has 0 unspecified atom stereocenters. The summed E-state index contributed by atoms with van der Waals surface area (Å²) in [6.07, 6.45) is 0. The maximum Gasteiger partial charge on any atom is 0.139 e. The largest absolute Gasteiger partial charge is 0.487 e. The summed E-state index contributed by atoms with van der Waals surface area (Å²) < 4.78 is 26.3. The van der Waals surface area contributed by atoms with Crippen molar-refractivity contribution in [2.24, 2.45) is 0 Å². The molecule has 198 valence electrons. The molecule has 0 spiro atoms. The van der Waals surface area contributed by atoms with Gasteiger partial charge in [-0.15, -0.1) is 0 Å². The van der Waals surface area contributed by atoms with Crippen molar-refractivity contribution >= 4 is 44.7 Å². The molecule has 6 heteroatoms. The molecule has 4 nitrogen and oxygen atoms in total. The number of halogens is 2. The standard InChI is InChI=1S/C30H40Cl2O4/c1-27(2,3)33-21-13-14-22(34-28(4,5)6)24-23(21)25(35-29(7,8)9)17-15-19(31)20(32)16-18(17)26(24)36-30(10,11)12/h13-16H,1-12H3. The van der Waals surface area contributed by atoms with Gasteiger partial charge in [0.15, 0.2) is 0 Å². The normalized spacial score (nSPS) is 13.3. The van der Waals surface area contributed by atoms with E-state index in [9.17, 15) is 0 Å². The number of hydrogen-bond donors (Lipinski definition) is 0. The van der Waals surface area contributed by atoms with E-state index in [1.165, 1.54) is 0 Å². The zero-order valence-corrected chi connectivity index (χ0v) is 25.2. The molecule has 0 N–H and O–H groups in total. The zero-order valence-electron chi connectivity index (χ0n) is 23.7. The highest BCUT2D eigenvalue weighted by molar-refractivity contribution is 6.43. The molecule has 0 aromatic heterocycles. The molecule has 3 aromatic rings. The molecule has 0 aliphatic carbocycles. The summed E-state index contributed by atoms with van der Waals surface area (Å²) in [6.45, 7) is 24.2. The predicted molar refractivity (Wildman–Crippen MR) is 153 cm³/mol. The highest BCUT2D eigenvalue weighted by Gasteiger charge is 2.30. The average Bonchev–Trinajstić information content (AvgIpc) is 2.63. The minimum atomic E-state index is -0.502. The maximum absolute atomic E-state index is 6.66. The van der Waals surface area contributed by atoms with Gasteiger partial charge in [0.2, 0.25) is 0 Å². The summed E-state index contributed by atoms with van der Waals surface area (Å²) >= 11 is 13.1. The lowest BCUT2D eigenvalue weighted by Crippen LogP contribution is -2.27. The van der Waals surface area contributed by atoms with Crippen molar-refractivity contribution in [1.82, 2.24) is 0 Å². The Labute approximate surface area is 226 Å². The van der Waals surface area contributed by atoms with E-state index in [4.69, 9.17) is 42.1 Å². The third kappa shape index (κ3) is 6.83. The van der Waals surface area contributed by atoms with E-state index in [0.717, 1.165) is 21.5 Å². The van der Waals surface area contributed by atoms with Crippen LogP contribution in [0.25, 0.3) is 21.5 Å². The van der Waals surface area contributed by atoms with Gasteiger partial charge in [-0.25, -0.2) is 0 Å². The monoisotopic (exact) mass is 534 g/mol. The third-order valence-electron chi connectivity index (χ3n) is 4.78. The molecule has 0 saturated heterocycles. The lowest BCUT2D eigenvalue weighted by Gasteiger charge is -2.31. The Morgan fingerprint density at radius 1 is 0.472 bits per heavy atom. The Morgan fingerprint density at radius 3 is 1.00 bits per heavy atom. The van der Waals surface area contributed by atoms with Crippen molar-refractivity contribution in [3.8, 4) is 23.0 Å². The van der Waals surface area contributed by atoms with Gasteiger partial charge in [-0.1, -0.05) is 23.2 Å². The molecule has 0 bridgehead atoms. The van der Waals surface area contributed by atoms with E-state index in [1.807, 2.05) is 107 Å². The van der Waals surface area contributed by atoms with Crippen LogP contribution in [0.4, 0.5) is 0 Å². The maximum atomic E-state index is 6.66. The van der Waals surface area contributed by atoms with Crippen molar-refractivity contribution in [3.63, 3.8) is 0 Å². The van der Waals surface area contributed by atoms with Crippen LogP contribution < -0.4 is 18.9 Å². The van der Waals surface area contributed by atoms with Gasteiger partial charge in [0.25, 0.3) is 0 Å². The number of hydrogen-bond acceptors (Lipinski definition) is 4. The van der Waals surface area contributed by atoms with Crippen LogP contribution in [0.1, 0.15) is 83.1 Å². The highest BCUT2D eigenvalue weighted by Crippen LogP contribution is 2.53. The number of benzene rings is 3. The van der Waals surface area contributed by atoms with E-state index in [1.54, 1.807) is 0 Å². The summed E-state index contributed by atoms with van der Waals surface area (Å²) in [5, 5.41) is 3.99. The Kier molecular flexibility index (Phi) is 7.42. The highest BCUT2D eigenvalue weighted by atomic mass is 35.5. The summed E-state index contributed by atoms with van der Waals surface area (Å²) in [5.74, 6) is 2.63. The van der Waals surface area contributed by atoms with E-state index in [-0.39, 0.29) is 0 Å². The molecule has 3 aromatic carbocycles. The van der Waals surface area contributed by atoms with Gasteiger partial charge < -0.3 is 18.9 Å². The fourth-order valence-corrected chi connectivity index (χ4v) is 4.19. The van der Waals surface area contributed by atoms with E-state index in [2.05, 4.69) is 0 Å². The lowest BCUT2D eigenvalue weighted by molar-refractivity contribution is 0.121. The molecule has 3 rings (SSSR count). The number of fused-ring (bicyclic) bond motifs is 2. The Morgan fingerprint density at radius 2 is 0.750 bits per heavy atom. The molecular weight excluding hydrogens is 495 g/mol. The van der Waals surface area contributed by atoms with Crippen molar-refractivity contribution in [1.29, 1.82) is 0 Å². The Bertz CT molecular complexity index is 1180. The quantitative estimate of drug-likeness (QED) is 0.312. The first-order valence-electron chi connectivity index (χ1n) is 12.3. The van der Waals surface area contributed by atoms with Crippen LogP contribution in [0.15, 0.2) is 24.3 Å². The van der Waals surface area contributed by atoms with Gasteiger partial charge >= 0.3 is 0 Å². The third-order valence-corrected chi connectivity index (χ3v) is 5.50. The molecule has 0 radical (unpaired) electrons. The molecule has 0 fully saturated rings. The smallest absolute Gasteiger partial charge is 0.139 e. The predicted octanol–water partition coefficient (Wildman–Crippen LogP) is 10.0. The van der Waals surface area contributed by atoms with Crippen molar-refractivity contribution in [2.45, 2.75) is 105 Å². The number of rotatable bonds is 4. The van der Waals surface area contributed by atoms with Crippen LogP contribution in [-0.2, 0) is 0 Å². The summed E-state index contributed by atoms with van der Waals surface area (Å²) in [6, 6.07) is 7.56. The first-order valence-corrected chi connectivity index (χ1v) is 13.1. The van der Waals surface area contributed by atoms with Crippen molar-refractivity contribution in [2.75, 3.05) is 0 Å². The van der Waals surface area contributed by atoms with Gasteiger partial charge in [-0.3, -0.25) is 0 Å². The van der Waals surface area contributed by atoms with Crippen LogP contribution in [0.2, 0.25) is 10.0 Å². The lowest BCUT2D eigenvalue weighted by atomic mass is 9.97. The fourth-order valence-electron chi connectivity index (χ4n) is 3.86. The molecular formula is C30H40Cl2O4. The average molecular weight is 536 g/mol. The molecule has 0 saturated carbocycles.